The summed E-state index contributed by atoms with van der Waals surface area (Å²) >= 11 is 1.93. The van der Waals surface area contributed by atoms with Gasteiger partial charge in [0, 0.05) is 43.4 Å². The van der Waals surface area contributed by atoms with Crippen LogP contribution < -0.4 is 5.32 Å². The molecule has 1 heterocycles. The predicted molar refractivity (Wildman–Crippen MR) is 105 cm³/mol. The number of hydrogen-bond donors (Lipinski definition) is 1. The molecular weight excluding hydrogens is 332 g/mol. The SMILES string of the molecule is COCCCNC(=O)C1CCN(CCSc2ccc(C)c(C)c2)CC1. The Hall–Kier alpha value is -1.04. The largest absolute Gasteiger partial charge is 0.385 e. The van der Waals surface area contributed by atoms with Crippen LogP contribution in [0.4, 0.5) is 0 Å². The number of amides is 1. The zero-order valence-electron chi connectivity index (χ0n) is 15.8. The summed E-state index contributed by atoms with van der Waals surface area (Å²) in [6.45, 7) is 8.91. The van der Waals surface area contributed by atoms with E-state index < -0.39 is 0 Å². The predicted octanol–water partition coefficient (Wildman–Crippen LogP) is 3.26. The minimum atomic E-state index is 0.186. The average Bonchev–Trinajstić information content (AvgIpc) is 2.62. The Morgan fingerprint density at radius 2 is 2.04 bits per heavy atom. The van der Waals surface area contributed by atoms with Gasteiger partial charge < -0.3 is 15.0 Å². The molecule has 1 aromatic rings. The fourth-order valence-electron chi connectivity index (χ4n) is 3.09. The smallest absolute Gasteiger partial charge is 0.223 e. The van der Waals surface area contributed by atoms with Crippen molar-refractivity contribution in [2.75, 3.05) is 45.6 Å². The summed E-state index contributed by atoms with van der Waals surface area (Å²) in [5.74, 6) is 1.52. The summed E-state index contributed by atoms with van der Waals surface area (Å²) in [5, 5.41) is 3.03. The first kappa shape index (κ1) is 20.3. The number of methoxy groups -OCH3 is 1. The van der Waals surface area contributed by atoms with E-state index in [9.17, 15) is 4.79 Å². The number of benzene rings is 1. The third-order valence-corrected chi connectivity index (χ3v) is 5.91. The molecule has 1 fully saturated rings. The summed E-state index contributed by atoms with van der Waals surface area (Å²) in [5.41, 5.74) is 2.72. The van der Waals surface area contributed by atoms with Gasteiger partial charge in [0.2, 0.25) is 5.91 Å². The highest BCUT2D eigenvalue weighted by molar-refractivity contribution is 7.99. The number of rotatable bonds is 9. The first-order chi connectivity index (χ1) is 12.1. The van der Waals surface area contributed by atoms with E-state index in [2.05, 4.69) is 42.3 Å². The standard InChI is InChI=1S/C20H32N2O2S/c1-16-5-6-19(15-17(16)2)25-14-12-22-10-7-18(8-11-22)20(23)21-9-4-13-24-3/h5-6,15,18H,4,7-14H2,1-3H3,(H,21,23). The molecule has 1 aliphatic heterocycles. The van der Waals surface area contributed by atoms with Gasteiger partial charge in [-0.15, -0.1) is 11.8 Å². The topological polar surface area (TPSA) is 41.6 Å². The maximum absolute atomic E-state index is 12.2. The van der Waals surface area contributed by atoms with Gasteiger partial charge in [-0.2, -0.15) is 0 Å². The Bertz CT molecular complexity index is 542. The Kier molecular flexibility index (Phi) is 8.79. The van der Waals surface area contributed by atoms with Crippen molar-refractivity contribution in [2.24, 2.45) is 5.92 Å². The van der Waals surface area contributed by atoms with Crippen LogP contribution in [0.15, 0.2) is 23.1 Å². The number of piperidine rings is 1. The molecule has 0 radical (unpaired) electrons. The van der Waals surface area contributed by atoms with Crippen molar-refractivity contribution >= 4 is 17.7 Å². The van der Waals surface area contributed by atoms with E-state index in [1.165, 1.54) is 16.0 Å². The van der Waals surface area contributed by atoms with Crippen molar-refractivity contribution in [3.8, 4) is 0 Å². The quantitative estimate of drug-likeness (QED) is 0.539. The number of carbonyl (C=O) groups excluding carboxylic acids is 1. The maximum Gasteiger partial charge on any atom is 0.223 e. The Balaban J connectivity index is 1.61. The van der Waals surface area contributed by atoms with E-state index in [0.29, 0.717) is 6.61 Å². The highest BCUT2D eigenvalue weighted by atomic mass is 32.2. The molecule has 1 N–H and O–H groups in total. The fourth-order valence-corrected chi connectivity index (χ4v) is 4.10. The molecule has 5 heteroatoms. The van der Waals surface area contributed by atoms with Crippen molar-refractivity contribution in [3.63, 3.8) is 0 Å². The second-order valence-corrected chi connectivity index (χ2v) is 8.02. The van der Waals surface area contributed by atoms with E-state index >= 15 is 0 Å². The Morgan fingerprint density at radius 3 is 2.72 bits per heavy atom. The van der Waals surface area contributed by atoms with E-state index in [1.807, 2.05) is 11.8 Å². The van der Waals surface area contributed by atoms with Crippen LogP contribution >= 0.6 is 11.8 Å². The van der Waals surface area contributed by atoms with Crippen molar-refractivity contribution in [2.45, 2.75) is 38.0 Å². The van der Waals surface area contributed by atoms with Crippen LogP contribution in [0.5, 0.6) is 0 Å². The molecule has 1 saturated heterocycles. The van der Waals surface area contributed by atoms with Crippen LogP contribution in [-0.2, 0) is 9.53 Å². The number of carbonyl (C=O) groups is 1. The molecule has 0 bridgehead atoms. The Labute approximate surface area is 156 Å². The molecule has 0 aliphatic carbocycles. The summed E-state index contributed by atoms with van der Waals surface area (Å²) < 4.78 is 5.00. The highest BCUT2D eigenvalue weighted by Gasteiger charge is 2.24. The molecule has 140 valence electrons. The van der Waals surface area contributed by atoms with E-state index in [1.54, 1.807) is 7.11 Å². The van der Waals surface area contributed by atoms with E-state index in [4.69, 9.17) is 4.74 Å². The van der Waals surface area contributed by atoms with E-state index in [0.717, 1.165) is 51.2 Å². The monoisotopic (exact) mass is 364 g/mol. The molecule has 0 aromatic heterocycles. The zero-order valence-corrected chi connectivity index (χ0v) is 16.7. The van der Waals surface area contributed by atoms with Crippen LogP contribution in [0.3, 0.4) is 0 Å². The van der Waals surface area contributed by atoms with Gasteiger partial charge in [-0.1, -0.05) is 6.07 Å². The van der Waals surface area contributed by atoms with Crippen LogP contribution in [0.1, 0.15) is 30.4 Å². The van der Waals surface area contributed by atoms with Gasteiger partial charge >= 0.3 is 0 Å². The number of aryl methyl sites for hydroxylation is 2. The molecule has 2 rings (SSSR count). The van der Waals surface area contributed by atoms with E-state index in [-0.39, 0.29) is 11.8 Å². The number of thioether (sulfide) groups is 1. The van der Waals surface area contributed by atoms with Crippen LogP contribution in [-0.4, -0.2) is 56.5 Å². The first-order valence-corrected chi connectivity index (χ1v) is 10.3. The lowest BCUT2D eigenvalue weighted by atomic mass is 9.96. The number of likely N-dealkylation sites (tertiary alicyclic amines) is 1. The normalized spacial score (nSPS) is 16.1. The maximum atomic E-state index is 12.2. The molecule has 0 atom stereocenters. The van der Waals surface area contributed by atoms with Crippen LogP contribution in [0.25, 0.3) is 0 Å². The van der Waals surface area contributed by atoms with Crippen LogP contribution in [0, 0.1) is 19.8 Å². The van der Waals surface area contributed by atoms with Gasteiger partial charge in [0.25, 0.3) is 0 Å². The molecule has 1 aliphatic rings. The zero-order chi connectivity index (χ0) is 18.1. The average molecular weight is 365 g/mol. The molecule has 25 heavy (non-hydrogen) atoms. The summed E-state index contributed by atoms with van der Waals surface area (Å²) in [4.78, 5) is 16.0. The molecule has 0 saturated carbocycles. The summed E-state index contributed by atoms with van der Waals surface area (Å²) in [7, 11) is 1.69. The van der Waals surface area contributed by atoms with Gasteiger partial charge in [0.05, 0.1) is 0 Å². The molecule has 0 unspecified atom stereocenters. The minimum absolute atomic E-state index is 0.186. The second-order valence-electron chi connectivity index (χ2n) is 6.85. The van der Waals surface area contributed by atoms with Crippen LogP contribution in [0.2, 0.25) is 0 Å². The van der Waals surface area contributed by atoms with Gasteiger partial charge in [-0.3, -0.25) is 4.79 Å². The van der Waals surface area contributed by atoms with Gasteiger partial charge in [0.15, 0.2) is 0 Å². The molecular formula is C20H32N2O2S. The Morgan fingerprint density at radius 1 is 1.28 bits per heavy atom. The minimum Gasteiger partial charge on any atom is -0.385 e. The van der Waals surface area contributed by atoms with Gasteiger partial charge in [-0.25, -0.2) is 0 Å². The lowest BCUT2D eigenvalue weighted by Crippen LogP contribution is -2.41. The molecule has 0 spiro atoms. The van der Waals surface area contributed by atoms with Gasteiger partial charge in [-0.05, 0) is 69.5 Å². The van der Waals surface area contributed by atoms with Gasteiger partial charge in [0.1, 0.15) is 0 Å². The van der Waals surface area contributed by atoms with Crippen molar-refractivity contribution in [1.29, 1.82) is 0 Å². The number of hydrogen-bond acceptors (Lipinski definition) is 4. The second kappa shape index (κ2) is 10.8. The summed E-state index contributed by atoms with van der Waals surface area (Å²) in [6.07, 6.45) is 2.84. The third-order valence-electron chi connectivity index (χ3n) is 4.94. The highest BCUT2D eigenvalue weighted by Crippen LogP contribution is 2.22. The van der Waals surface area contributed by atoms with Crippen molar-refractivity contribution in [1.82, 2.24) is 10.2 Å². The number of nitrogens with one attached hydrogen (secondary N) is 1. The fraction of sp³-hybridized carbons (Fsp3) is 0.650. The molecule has 1 aromatic carbocycles. The molecule has 1 amide bonds. The van der Waals surface area contributed by atoms with Crippen molar-refractivity contribution < 1.29 is 9.53 Å². The molecule has 4 nitrogen and oxygen atoms in total. The van der Waals surface area contributed by atoms with Crippen molar-refractivity contribution in [3.05, 3.63) is 29.3 Å². The number of nitrogens with zero attached hydrogens (tertiary/aromatic N) is 1. The first-order valence-electron chi connectivity index (χ1n) is 9.29. The third kappa shape index (κ3) is 7.00. The lowest BCUT2D eigenvalue weighted by molar-refractivity contribution is -0.126. The number of ether oxygens (including phenoxy) is 1. The summed E-state index contributed by atoms with van der Waals surface area (Å²) in [6, 6.07) is 6.70. The lowest BCUT2D eigenvalue weighted by Gasteiger charge is -2.31.